The second-order valence-electron chi connectivity index (χ2n) is 10.2. The molecule has 2 aliphatic carbocycles. The maximum Gasteiger partial charge on any atom is 0.262 e. The molecular formula is C29H29FN4O2. The number of ether oxygens (including phenoxy) is 1. The van der Waals surface area contributed by atoms with E-state index in [1.165, 1.54) is 12.3 Å². The van der Waals surface area contributed by atoms with Gasteiger partial charge in [0.25, 0.3) is 5.91 Å². The van der Waals surface area contributed by atoms with Gasteiger partial charge in [-0.1, -0.05) is 42.5 Å². The fraction of sp³-hybridized carbons (Fsp3) is 0.345. The summed E-state index contributed by atoms with van der Waals surface area (Å²) in [6.45, 7) is 0.371. The van der Waals surface area contributed by atoms with Crippen LogP contribution in [0.3, 0.4) is 0 Å². The molecule has 6 nitrogen and oxygen atoms in total. The van der Waals surface area contributed by atoms with E-state index in [9.17, 15) is 9.18 Å². The maximum atomic E-state index is 14.5. The summed E-state index contributed by atoms with van der Waals surface area (Å²) in [5, 5.41) is 0. The average Bonchev–Trinajstić information content (AvgIpc) is 3.31. The molecule has 6 rings (SSSR count). The van der Waals surface area contributed by atoms with Gasteiger partial charge in [-0.15, -0.1) is 0 Å². The fourth-order valence-corrected chi connectivity index (χ4v) is 6.53. The largest absolute Gasteiger partial charge is 0.381 e. The zero-order valence-corrected chi connectivity index (χ0v) is 20.3. The number of fused-ring (bicyclic) bond motifs is 3. The van der Waals surface area contributed by atoms with Crippen molar-refractivity contribution in [3.63, 3.8) is 0 Å². The summed E-state index contributed by atoms with van der Waals surface area (Å²) in [7, 11) is 1.75. The first kappa shape index (κ1) is 22.9. The average molecular weight is 485 g/mol. The van der Waals surface area contributed by atoms with Gasteiger partial charge in [0.05, 0.1) is 18.8 Å². The van der Waals surface area contributed by atoms with E-state index in [4.69, 9.17) is 15.5 Å². The zero-order valence-electron chi connectivity index (χ0n) is 20.3. The Morgan fingerprint density at radius 3 is 2.58 bits per heavy atom. The van der Waals surface area contributed by atoms with Gasteiger partial charge in [-0.05, 0) is 66.5 Å². The zero-order chi connectivity index (χ0) is 24.9. The highest BCUT2D eigenvalue weighted by atomic mass is 19.1. The van der Waals surface area contributed by atoms with Crippen molar-refractivity contribution < 1.29 is 13.9 Å². The van der Waals surface area contributed by atoms with E-state index >= 15 is 0 Å². The number of nitrogens with zero attached hydrogens (tertiary/aromatic N) is 3. The molecule has 36 heavy (non-hydrogen) atoms. The van der Waals surface area contributed by atoms with Crippen LogP contribution in [0.25, 0.3) is 11.1 Å². The van der Waals surface area contributed by atoms with Crippen LogP contribution in [-0.4, -0.2) is 35.0 Å². The van der Waals surface area contributed by atoms with E-state index in [1.54, 1.807) is 18.2 Å². The molecule has 1 unspecified atom stereocenters. The second kappa shape index (κ2) is 8.52. The molecule has 3 aromatic rings. The standard InChI is InChI=1S/C29H29FN4O2/c1-36-24-9-11-28(12-10-24)15-21-8-7-20(22-13-23(30)17-32-16-22)14-25(21)29(28)26(35)34(27(31)33-29)18-19-5-3-2-4-6-19/h2-8,13-14,16-17,24H,9-12,15,18H2,1H3,(H2,31,33). The predicted molar refractivity (Wildman–Crippen MR) is 135 cm³/mol. The Labute approximate surface area is 210 Å². The molecule has 2 N–H and O–H groups in total. The predicted octanol–water partition coefficient (Wildman–Crippen LogP) is 4.57. The number of guanidine groups is 1. The first-order chi connectivity index (χ1) is 17.5. The Balaban J connectivity index is 1.48. The molecule has 1 fully saturated rings. The van der Waals surface area contributed by atoms with Gasteiger partial charge in [0.2, 0.25) is 0 Å². The van der Waals surface area contributed by atoms with Gasteiger partial charge in [0.1, 0.15) is 5.82 Å². The number of amides is 1. The van der Waals surface area contributed by atoms with Crippen molar-refractivity contribution in [3.8, 4) is 11.1 Å². The van der Waals surface area contributed by atoms with Crippen LogP contribution in [0.1, 0.15) is 42.4 Å². The van der Waals surface area contributed by atoms with Crippen LogP contribution in [0, 0.1) is 11.2 Å². The molecule has 1 aliphatic heterocycles. The Kier molecular flexibility index (Phi) is 5.41. The molecule has 1 saturated carbocycles. The van der Waals surface area contributed by atoms with Gasteiger partial charge in [-0.25, -0.2) is 9.38 Å². The van der Waals surface area contributed by atoms with Crippen molar-refractivity contribution in [1.82, 2.24) is 9.88 Å². The van der Waals surface area contributed by atoms with E-state index in [2.05, 4.69) is 11.1 Å². The topological polar surface area (TPSA) is 80.8 Å². The smallest absolute Gasteiger partial charge is 0.262 e. The van der Waals surface area contributed by atoms with Crippen molar-refractivity contribution in [3.05, 3.63) is 89.5 Å². The minimum atomic E-state index is -1.10. The lowest BCUT2D eigenvalue weighted by Gasteiger charge is -2.45. The minimum absolute atomic E-state index is 0.0759. The molecule has 3 aliphatic rings. The number of pyridine rings is 1. The number of benzene rings is 2. The van der Waals surface area contributed by atoms with Gasteiger partial charge in [-0.2, -0.15) is 0 Å². The summed E-state index contributed by atoms with van der Waals surface area (Å²) < 4.78 is 19.6. The monoisotopic (exact) mass is 484 g/mol. The number of rotatable bonds is 4. The van der Waals surface area contributed by atoms with E-state index in [0.717, 1.165) is 54.4 Å². The number of methoxy groups -OCH3 is 1. The van der Waals surface area contributed by atoms with Crippen LogP contribution in [0.15, 0.2) is 72.0 Å². The molecule has 0 radical (unpaired) electrons. The summed E-state index contributed by atoms with van der Waals surface area (Å²) in [6.07, 6.45) is 7.14. The number of halogens is 1. The molecule has 2 heterocycles. The minimum Gasteiger partial charge on any atom is -0.381 e. The summed E-state index contributed by atoms with van der Waals surface area (Å²) in [4.78, 5) is 25.1. The van der Waals surface area contributed by atoms with Gasteiger partial charge < -0.3 is 10.5 Å². The van der Waals surface area contributed by atoms with Gasteiger partial charge in [0, 0.05) is 24.3 Å². The van der Waals surface area contributed by atoms with E-state index in [0.29, 0.717) is 12.1 Å². The quantitative estimate of drug-likeness (QED) is 0.588. The molecular weight excluding hydrogens is 455 g/mol. The summed E-state index contributed by atoms with van der Waals surface area (Å²) >= 11 is 0. The highest BCUT2D eigenvalue weighted by molar-refractivity contribution is 6.08. The van der Waals surface area contributed by atoms with Gasteiger partial charge in [-0.3, -0.25) is 14.7 Å². The molecule has 1 atom stereocenters. The van der Waals surface area contributed by atoms with E-state index in [1.807, 2.05) is 42.5 Å². The van der Waals surface area contributed by atoms with E-state index < -0.39 is 11.4 Å². The Bertz CT molecular complexity index is 1350. The number of aliphatic imine (C=N–C) groups is 1. The van der Waals surface area contributed by atoms with Crippen LogP contribution >= 0.6 is 0 Å². The lowest BCUT2D eigenvalue weighted by Crippen LogP contribution is -2.52. The van der Waals surface area contributed by atoms with Crippen molar-refractivity contribution >= 4 is 11.9 Å². The normalized spacial score (nSPS) is 27.1. The van der Waals surface area contributed by atoms with Crippen LogP contribution in [0.2, 0.25) is 0 Å². The van der Waals surface area contributed by atoms with Crippen LogP contribution in [-0.2, 0) is 28.0 Å². The third-order valence-corrected chi connectivity index (χ3v) is 8.35. The fourth-order valence-electron chi connectivity index (χ4n) is 6.53. The molecule has 1 amide bonds. The highest BCUT2D eigenvalue weighted by Crippen LogP contribution is 2.62. The lowest BCUT2D eigenvalue weighted by molar-refractivity contribution is -0.138. The summed E-state index contributed by atoms with van der Waals surface area (Å²) in [6, 6.07) is 17.4. The third kappa shape index (κ3) is 3.37. The van der Waals surface area contributed by atoms with Gasteiger partial charge in [0.15, 0.2) is 11.5 Å². The van der Waals surface area contributed by atoms with E-state index in [-0.39, 0.29) is 23.4 Å². The van der Waals surface area contributed by atoms with Crippen LogP contribution < -0.4 is 5.73 Å². The number of carbonyl (C=O) groups is 1. The molecule has 1 aromatic heterocycles. The Morgan fingerprint density at radius 2 is 1.86 bits per heavy atom. The number of hydrogen-bond acceptors (Lipinski definition) is 5. The second-order valence-corrected chi connectivity index (χ2v) is 10.2. The van der Waals surface area contributed by atoms with Crippen LogP contribution in [0.4, 0.5) is 4.39 Å². The lowest BCUT2D eigenvalue weighted by atomic mass is 9.61. The molecule has 184 valence electrons. The molecule has 2 spiro atoms. The highest BCUT2D eigenvalue weighted by Gasteiger charge is 2.66. The first-order valence-electron chi connectivity index (χ1n) is 12.4. The summed E-state index contributed by atoms with van der Waals surface area (Å²) in [5.41, 5.74) is 9.49. The molecule has 0 bridgehead atoms. The SMILES string of the molecule is COC1CCC2(CC1)Cc1ccc(-c3cncc(F)c3)cc1C21N=C(N)N(Cc2ccccc2)C1=O. The first-order valence-corrected chi connectivity index (χ1v) is 12.4. The van der Waals surface area contributed by atoms with Crippen molar-refractivity contribution in [2.75, 3.05) is 7.11 Å². The van der Waals surface area contributed by atoms with Crippen molar-refractivity contribution in [2.45, 2.75) is 50.3 Å². The third-order valence-electron chi connectivity index (χ3n) is 8.35. The van der Waals surface area contributed by atoms with Gasteiger partial charge >= 0.3 is 0 Å². The Morgan fingerprint density at radius 1 is 1.08 bits per heavy atom. The molecule has 2 aromatic carbocycles. The van der Waals surface area contributed by atoms with Crippen molar-refractivity contribution in [1.29, 1.82) is 0 Å². The number of hydrogen-bond donors (Lipinski definition) is 1. The molecule has 7 heteroatoms. The van der Waals surface area contributed by atoms with Crippen molar-refractivity contribution in [2.24, 2.45) is 16.1 Å². The summed E-state index contributed by atoms with van der Waals surface area (Å²) in [5.74, 6) is -0.221. The number of carbonyl (C=O) groups excluding carboxylic acids is 1. The molecule has 0 saturated heterocycles. The maximum absolute atomic E-state index is 14.5. The number of aromatic nitrogens is 1. The number of nitrogens with two attached hydrogens (primary N) is 1. The Hall–Kier alpha value is -3.58. The van der Waals surface area contributed by atoms with Crippen LogP contribution in [0.5, 0.6) is 0 Å².